The van der Waals surface area contributed by atoms with Crippen LogP contribution in [0.25, 0.3) is 154 Å². The summed E-state index contributed by atoms with van der Waals surface area (Å²) in [5, 5.41) is 14.9. The van der Waals surface area contributed by atoms with Crippen molar-refractivity contribution in [3.8, 4) is 94.8 Å². The summed E-state index contributed by atoms with van der Waals surface area (Å²) < 4.78 is 89.8. The van der Waals surface area contributed by atoms with Crippen molar-refractivity contribution in [1.29, 1.82) is 0 Å². The maximum Gasteiger partial charge on any atom is 0.534 e. The molecule has 588 valence electrons. The summed E-state index contributed by atoms with van der Waals surface area (Å²) >= 11 is 0. The van der Waals surface area contributed by atoms with Gasteiger partial charge in [-0.1, -0.05) is 285 Å². The monoisotopic (exact) mass is 1580 g/mol. The Kier molecular flexibility index (Phi) is 20.8. The van der Waals surface area contributed by atoms with Crippen LogP contribution in [0.15, 0.2) is 340 Å². The van der Waals surface area contributed by atoms with Gasteiger partial charge in [0.15, 0.2) is 0 Å². The summed E-state index contributed by atoms with van der Waals surface area (Å²) in [6.07, 6.45) is 0. The van der Waals surface area contributed by atoms with Gasteiger partial charge in [0.05, 0.1) is 22.4 Å². The molecule has 2 heterocycles. The lowest BCUT2D eigenvalue weighted by Gasteiger charge is -2.32. The first-order valence-electron chi connectivity index (χ1n) is 40.3. The van der Waals surface area contributed by atoms with E-state index in [4.69, 9.17) is 18.6 Å². The zero-order valence-electron chi connectivity index (χ0n) is 68.4. The van der Waals surface area contributed by atoms with Crippen LogP contribution >= 0.6 is 0 Å². The van der Waals surface area contributed by atoms with E-state index in [2.05, 4.69) is 340 Å². The second-order valence-electron chi connectivity index (χ2n) is 33.3. The van der Waals surface area contributed by atoms with E-state index in [1.54, 1.807) is 13.0 Å². The number of benzene rings is 17. The summed E-state index contributed by atoms with van der Waals surface area (Å²) in [6, 6.07) is 119. The van der Waals surface area contributed by atoms with Crippen molar-refractivity contribution in [3.63, 3.8) is 0 Å². The summed E-state index contributed by atoms with van der Waals surface area (Å²) in [5.41, 5.74) is 16.5. The van der Waals surface area contributed by atoms with Gasteiger partial charge in [0.2, 0.25) is 0 Å². The van der Waals surface area contributed by atoms with Crippen molar-refractivity contribution in [3.05, 3.63) is 356 Å². The molecular weight excluding hydrogens is 1500 g/mol. The molecule has 17 aromatic carbocycles. The minimum atomic E-state index is -5.71. The van der Waals surface area contributed by atoms with E-state index >= 15 is 0 Å². The molecule has 119 heavy (non-hydrogen) atoms. The molecule has 0 radical (unpaired) electrons. The zero-order valence-corrected chi connectivity index (χ0v) is 69.2. The maximum atomic E-state index is 12.5. The molecule has 7 nitrogen and oxygen atoms in total. The predicted octanol–water partition coefficient (Wildman–Crippen LogP) is 27.1. The fourth-order valence-corrected chi connectivity index (χ4v) is 16.9. The van der Waals surface area contributed by atoms with E-state index in [-0.39, 0.29) is 36.6 Å². The van der Waals surface area contributed by atoms with Crippen LogP contribution in [0.3, 0.4) is 0 Å². The first-order chi connectivity index (χ1) is 57.0. The number of fused-ring (bicyclic) bond motifs is 12. The third-order valence-corrected chi connectivity index (χ3v) is 25.4. The van der Waals surface area contributed by atoms with Crippen LogP contribution in [-0.2, 0) is 28.7 Å². The lowest BCUT2D eigenvalue weighted by molar-refractivity contribution is -0.0500. The normalized spacial score (nSPS) is 14.8. The van der Waals surface area contributed by atoms with Gasteiger partial charge in [-0.2, -0.15) is 21.6 Å². The number of alkyl halides is 3. The molecule has 0 bridgehead atoms. The summed E-state index contributed by atoms with van der Waals surface area (Å²) in [5.74, 6) is -0.391. The van der Waals surface area contributed by atoms with Crippen molar-refractivity contribution in [1.82, 2.24) is 0 Å². The first-order valence-corrected chi connectivity index (χ1v) is 41.7. The molecule has 0 spiro atoms. The number of aryl methyl sites for hydroxylation is 3. The van der Waals surface area contributed by atoms with Crippen molar-refractivity contribution in [2.24, 2.45) is 0 Å². The standard InChI is InChI=1S/C56H40.C30H34B2O4.C20H15F3O3S/c1-37-23-25-43(33-53(37)47-19-11-17-41(31-47)39-13-5-3-6-14-39)45-27-29-51-52-30-28-46(36-56(52)50-22-10-9-21-49(50)55(51)35-45)44-26-24-38(2)54(34-44)48-20-12-18-42(32-48)40-15-7-4-8-16-40;1-27(2)28(3,4)34-31(33-27)19-13-15-23-24-16-14-20(32-35-29(5,6)30(7,8)36-32)18-26(24)22-12-10-9-11-21(22)25(23)17-19;1-14-10-11-18(26-27(24,25)20(21,22)23)13-19(14)17-9-5-8-16(12-17)15-6-3-2-4-7-15/h3-36H,1-2H3;9-18H,1-8H3;2-13H,1H3. The highest BCUT2D eigenvalue weighted by molar-refractivity contribution is 7.88. The van der Waals surface area contributed by atoms with Gasteiger partial charge in [-0.05, 0) is 312 Å². The zero-order chi connectivity index (χ0) is 82.9. The van der Waals surface area contributed by atoms with Crippen LogP contribution in [0.2, 0.25) is 0 Å². The topological polar surface area (TPSA) is 80.3 Å². The van der Waals surface area contributed by atoms with Gasteiger partial charge >= 0.3 is 29.9 Å². The number of hydrogen-bond acceptors (Lipinski definition) is 7. The Bertz CT molecular complexity index is 6510. The van der Waals surface area contributed by atoms with Crippen LogP contribution < -0.4 is 15.1 Å². The molecule has 2 aliphatic rings. The Morgan fingerprint density at radius 3 is 0.840 bits per heavy atom. The fourth-order valence-electron chi connectivity index (χ4n) is 16.4. The van der Waals surface area contributed by atoms with Gasteiger partial charge in [0, 0.05) is 0 Å². The highest BCUT2D eigenvalue weighted by Crippen LogP contribution is 2.45. The lowest BCUT2D eigenvalue weighted by Crippen LogP contribution is -2.41. The summed E-state index contributed by atoms with van der Waals surface area (Å²) in [4.78, 5) is 0. The maximum absolute atomic E-state index is 12.5. The molecule has 0 saturated carbocycles. The van der Waals surface area contributed by atoms with Gasteiger partial charge in [0.1, 0.15) is 5.75 Å². The van der Waals surface area contributed by atoms with E-state index in [1.165, 1.54) is 161 Å². The highest BCUT2D eigenvalue weighted by Gasteiger charge is 2.53. The third kappa shape index (κ3) is 15.5. The molecule has 13 heteroatoms. The first kappa shape index (κ1) is 79.3. The Balaban J connectivity index is 0.000000138. The quantitative estimate of drug-likeness (QED) is 0.0522. The largest absolute Gasteiger partial charge is 0.534 e. The van der Waals surface area contributed by atoms with Gasteiger partial charge < -0.3 is 22.8 Å². The lowest BCUT2D eigenvalue weighted by atomic mass is 9.76. The van der Waals surface area contributed by atoms with Crippen LogP contribution in [0.4, 0.5) is 13.2 Å². The van der Waals surface area contributed by atoms with Crippen molar-refractivity contribution in [2.75, 3.05) is 0 Å². The SMILES string of the molecule is CC1(C)OB(c2ccc3c4ccc(B5OC(C)(C)C(C)(C)O5)cc4c4ccccc4c3c2)OC1(C)C.Cc1ccc(-c2ccc3c4ccc(-c5ccc(C)c(-c6cccc(-c7ccccc7)c6)c5)cc4c4ccccc4c3c2)cc1-c1cccc(-c2ccccc2)c1.Cc1ccc(OS(=O)(=O)C(F)(F)F)cc1-c1cccc(-c2ccccc2)c1. The highest BCUT2D eigenvalue weighted by atomic mass is 32.2. The summed E-state index contributed by atoms with van der Waals surface area (Å²) in [7, 11) is -6.49. The molecule has 19 rings (SSSR count). The molecule has 2 fully saturated rings. The Labute approximate surface area is 695 Å². The van der Waals surface area contributed by atoms with Gasteiger partial charge in [-0.15, -0.1) is 0 Å². The average molecular weight is 1590 g/mol. The predicted molar refractivity (Wildman–Crippen MR) is 489 cm³/mol. The minimum absolute atomic E-state index is 0.373. The van der Waals surface area contributed by atoms with E-state index in [0.717, 1.165) is 33.2 Å². The van der Waals surface area contributed by atoms with Crippen molar-refractivity contribution < 1.29 is 44.4 Å². The number of rotatable bonds is 12. The van der Waals surface area contributed by atoms with Crippen molar-refractivity contribution >= 4 is 99.9 Å². The molecule has 0 atom stereocenters. The Morgan fingerprint density at radius 2 is 0.504 bits per heavy atom. The minimum Gasteiger partial charge on any atom is -0.399 e. The van der Waals surface area contributed by atoms with Gasteiger partial charge in [-0.25, -0.2) is 0 Å². The Hall–Kier alpha value is -12.2. The van der Waals surface area contributed by atoms with E-state index in [9.17, 15) is 21.6 Å². The second-order valence-corrected chi connectivity index (χ2v) is 34.8. The molecule has 2 aliphatic heterocycles. The molecule has 2 saturated heterocycles. The van der Waals surface area contributed by atoms with E-state index in [0.29, 0.717) is 5.56 Å². The average Bonchev–Trinajstić information content (AvgIpc) is 1.61. The number of hydrogen-bond donors (Lipinski definition) is 0. The van der Waals surface area contributed by atoms with Gasteiger partial charge in [-0.3, -0.25) is 0 Å². The fraction of sp³-hybridized carbons (Fsp3) is 0.151. The second kappa shape index (κ2) is 31.3. The summed E-state index contributed by atoms with van der Waals surface area (Å²) in [6.45, 7) is 22.9. The molecule has 0 aliphatic carbocycles. The number of halogens is 3. The Morgan fingerprint density at radius 1 is 0.252 bits per heavy atom. The van der Waals surface area contributed by atoms with Crippen LogP contribution in [0.1, 0.15) is 72.1 Å². The van der Waals surface area contributed by atoms with Gasteiger partial charge in [0.25, 0.3) is 0 Å². The molecular formula is C106H89B2F3O7S. The molecule has 0 amide bonds. The van der Waals surface area contributed by atoms with Crippen LogP contribution in [0, 0.1) is 20.8 Å². The van der Waals surface area contributed by atoms with Crippen LogP contribution in [-0.4, -0.2) is 50.6 Å². The van der Waals surface area contributed by atoms with E-state index < -0.39 is 21.4 Å². The molecule has 0 N–H and O–H groups in total. The molecule has 0 aromatic heterocycles. The molecule has 0 unspecified atom stereocenters. The third-order valence-electron chi connectivity index (χ3n) is 24.5. The smallest absolute Gasteiger partial charge is 0.399 e. The molecule has 17 aromatic rings. The van der Waals surface area contributed by atoms with Crippen LogP contribution in [0.5, 0.6) is 5.75 Å². The van der Waals surface area contributed by atoms with Crippen molar-refractivity contribution in [2.45, 2.75) is 104 Å². The van der Waals surface area contributed by atoms with E-state index in [1.807, 2.05) is 48.5 Å².